The number of benzene rings is 1. The predicted octanol–water partition coefficient (Wildman–Crippen LogP) is 8.47. The highest BCUT2D eigenvalue weighted by molar-refractivity contribution is 6.30. The molecule has 0 spiro atoms. The summed E-state index contributed by atoms with van der Waals surface area (Å²) in [5, 5.41) is 1.54. The maximum Gasteiger partial charge on any atom is 0.222 e. The van der Waals surface area contributed by atoms with Gasteiger partial charge in [-0.2, -0.15) is 4.98 Å². The molecular weight excluding hydrogens is 544 g/mol. The Kier molecular flexibility index (Phi) is 8.87. The lowest BCUT2D eigenvalue weighted by Crippen LogP contribution is -2.55. The molecule has 3 aromatic rings. The first-order valence-electron chi connectivity index (χ1n) is 15.6. The largest absolute Gasteiger partial charge is 0.497 e. The molecule has 6 nitrogen and oxygen atoms in total. The molecule has 5 atom stereocenters. The third-order valence-electron chi connectivity index (χ3n) is 10.1. The van der Waals surface area contributed by atoms with Gasteiger partial charge in [-0.1, -0.05) is 59.2 Å². The molecule has 3 fully saturated rings. The van der Waals surface area contributed by atoms with E-state index in [1.807, 2.05) is 18.3 Å². The zero-order valence-electron chi connectivity index (χ0n) is 26.4. The first-order valence-corrected chi connectivity index (χ1v) is 16.0. The molecule has 0 N–H and O–H groups in total. The monoisotopic (exact) mass is 590 g/mol. The van der Waals surface area contributed by atoms with Gasteiger partial charge in [-0.3, -0.25) is 9.88 Å². The molecule has 2 bridgehead atoms. The van der Waals surface area contributed by atoms with Crippen LogP contribution in [0.3, 0.4) is 0 Å². The van der Waals surface area contributed by atoms with Crippen LogP contribution >= 0.6 is 11.6 Å². The molecule has 42 heavy (non-hydrogen) atoms. The number of fused-ring (bicyclic) bond motifs is 4. The fourth-order valence-electron chi connectivity index (χ4n) is 7.24. The van der Waals surface area contributed by atoms with E-state index in [9.17, 15) is 0 Å². The number of hydrogen-bond acceptors (Lipinski definition) is 6. The summed E-state index contributed by atoms with van der Waals surface area (Å²) in [6, 6.07) is 8.36. The Hall–Kier alpha value is -2.70. The molecule has 1 aromatic carbocycles. The lowest BCUT2D eigenvalue weighted by Gasteiger charge is -2.51. The van der Waals surface area contributed by atoms with E-state index in [1.165, 1.54) is 6.42 Å². The molecule has 0 radical (unpaired) electrons. The zero-order chi connectivity index (χ0) is 30.2. The average Bonchev–Trinajstić information content (AvgIpc) is 3.00. The number of ether oxygens (including phenoxy) is 2. The first kappa shape index (κ1) is 30.7. The van der Waals surface area contributed by atoms with Gasteiger partial charge in [-0.05, 0) is 74.8 Å². The van der Waals surface area contributed by atoms with Crippen LogP contribution in [0.2, 0.25) is 5.15 Å². The van der Waals surface area contributed by atoms with E-state index in [-0.39, 0.29) is 23.0 Å². The minimum atomic E-state index is -0.287. The van der Waals surface area contributed by atoms with Crippen LogP contribution in [-0.4, -0.2) is 46.1 Å². The average molecular weight is 591 g/mol. The van der Waals surface area contributed by atoms with Gasteiger partial charge in [0.1, 0.15) is 22.8 Å². The van der Waals surface area contributed by atoms with Gasteiger partial charge in [0.25, 0.3) is 0 Å². The number of rotatable bonds is 10. The summed E-state index contributed by atoms with van der Waals surface area (Å²) in [7, 11) is 1.70. The van der Waals surface area contributed by atoms with Gasteiger partial charge >= 0.3 is 0 Å². The van der Waals surface area contributed by atoms with Crippen LogP contribution in [0, 0.1) is 11.8 Å². The number of halogens is 1. The van der Waals surface area contributed by atoms with Crippen molar-refractivity contribution in [3.8, 4) is 11.6 Å². The second kappa shape index (κ2) is 12.1. The third-order valence-corrected chi connectivity index (χ3v) is 10.4. The highest BCUT2D eigenvalue weighted by atomic mass is 35.5. The molecule has 7 heteroatoms. The molecule has 0 aliphatic carbocycles. The molecule has 3 saturated heterocycles. The summed E-state index contributed by atoms with van der Waals surface area (Å²) in [4.78, 5) is 17.4. The lowest BCUT2D eigenvalue weighted by molar-refractivity contribution is -0.0375. The molecule has 0 amide bonds. The van der Waals surface area contributed by atoms with Gasteiger partial charge in [0.2, 0.25) is 5.88 Å². The molecule has 3 aliphatic rings. The third kappa shape index (κ3) is 5.53. The summed E-state index contributed by atoms with van der Waals surface area (Å²) in [5.41, 5.74) is 2.48. The normalized spacial score (nSPS) is 23.1. The number of aromatic nitrogens is 3. The molecule has 2 aromatic heterocycles. The summed E-state index contributed by atoms with van der Waals surface area (Å²) < 4.78 is 13.0. The SMILES string of the molecule is C=C[C@H]1CN2CC[C@H]1C[C@H]2[C@H](Oc1nc(C(C)(C)C)nc(Cl)c1C(CC)(CC)CC)c1ccnc2ccc(OC)cc12. The van der Waals surface area contributed by atoms with E-state index in [0.717, 1.165) is 66.6 Å². The molecule has 3 aliphatic heterocycles. The summed E-state index contributed by atoms with van der Waals surface area (Å²) in [5.74, 6) is 3.21. The van der Waals surface area contributed by atoms with E-state index in [0.29, 0.717) is 28.7 Å². The molecule has 0 saturated carbocycles. The topological polar surface area (TPSA) is 60.4 Å². The Morgan fingerprint density at radius 2 is 1.86 bits per heavy atom. The molecule has 1 unspecified atom stereocenters. The Morgan fingerprint density at radius 1 is 1.12 bits per heavy atom. The van der Waals surface area contributed by atoms with E-state index >= 15 is 0 Å². The smallest absolute Gasteiger partial charge is 0.222 e. The highest BCUT2D eigenvalue weighted by Crippen LogP contribution is 2.48. The Morgan fingerprint density at radius 3 is 2.45 bits per heavy atom. The van der Waals surface area contributed by atoms with E-state index in [4.69, 9.17) is 36.0 Å². The highest BCUT2D eigenvalue weighted by Gasteiger charge is 2.45. The van der Waals surface area contributed by atoms with Crippen LogP contribution in [0.4, 0.5) is 0 Å². The number of hydrogen-bond donors (Lipinski definition) is 0. The minimum Gasteiger partial charge on any atom is -0.497 e. The zero-order valence-corrected chi connectivity index (χ0v) is 27.2. The fourth-order valence-corrected chi connectivity index (χ4v) is 7.61. The van der Waals surface area contributed by atoms with Gasteiger partial charge in [-0.25, -0.2) is 4.98 Å². The van der Waals surface area contributed by atoms with Crippen molar-refractivity contribution in [2.24, 2.45) is 11.8 Å². The van der Waals surface area contributed by atoms with E-state index in [1.54, 1.807) is 7.11 Å². The van der Waals surface area contributed by atoms with Crippen molar-refractivity contribution >= 4 is 22.5 Å². The Balaban J connectivity index is 1.73. The summed E-state index contributed by atoms with van der Waals surface area (Å²) >= 11 is 7.13. The van der Waals surface area contributed by atoms with Crippen LogP contribution in [0.15, 0.2) is 43.1 Å². The maximum absolute atomic E-state index is 7.33. The van der Waals surface area contributed by atoms with Crippen LogP contribution in [0.5, 0.6) is 11.6 Å². The van der Waals surface area contributed by atoms with Gasteiger partial charge in [-0.15, -0.1) is 6.58 Å². The summed E-state index contributed by atoms with van der Waals surface area (Å²) in [6.45, 7) is 19.3. The van der Waals surface area contributed by atoms with E-state index in [2.05, 4.69) is 71.2 Å². The van der Waals surface area contributed by atoms with Crippen LogP contribution < -0.4 is 9.47 Å². The van der Waals surface area contributed by atoms with Crippen molar-refractivity contribution in [2.45, 2.75) is 96.6 Å². The van der Waals surface area contributed by atoms with Gasteiger partial charge < -0.3 is 9.47 Å². The number of methoxy groups -OCH3 is 1. The van der Waals surface area contributed by atoms with Crippen molar-refractivity contribution in [3.05, 3.63) is 65.2 Å². The van der Waals surface area contributed by atoms with E-state index < -0.39 is 0 Å². The first-order chi connectivity index (χ1) is 20.1. The van der Waals surface area contributed by atoms with Crippen molar-refractivity contribution < 1.29 is 9.47 Å². The quantitative estimate of drug-likeness (QED) is 0.174. The van der Waals surface area contributed by atoms with Gasteiger partial charge in [0, 0.05) is 34.5 Å². The second-order valence-corrected chi connectivity index (χ2v) is 13.5. The predicted molar refractivity (Wildman–Crippen MR) is 172 cm³/mol. The van der Waals surface area contributed by atoms with Gasteiger partial charge in [0.15, 0.2) is 0 Å². The van der Waals surface area contributed by atoms with Crippen molar-refractivity contribution in [1.29, 1.82) is 0 Å². The van der Waals surface area contributed by atoms with Gasteiger partial charge in [0.05, 0.1) is 24.2 Å². The van der Waals surface area contributed by atoms with Crippen LogP contribution in [-0.2, 0) is 10.8 Å². The summed E-state index contributed by atoms with van der Waals surface area (Å²) in [6.07, 6.45) is 8.76. The van der Waals surface area contributed by atoms with Crippen molar-refractivity contribution in [1.82, 2.24) is 19.9 Å². The van der Waals surface area contributed by atoms with Crippen LogP contribution in [0.25, 0.3) is 10.9 Å². The van der Waals surface area contributed by atoms with Crippen molar-refractivity contribution in [2.75, 3.05) is 20.2 Å². The number of piperidine rings is 3. The molecule has 5 heterocycles. The molecular formula is C35H47ClN4O2. The fraction of sp³-hybridized carbons (Fsp3) is 0.571. The lowest BCUT2D eigenvalue weighted by atomic mass is 9.73. The number of nitrogens with zero attached hydrogens (tertiary/aromatic N) is 4. The molecule has 226 valence electrons. The Bertz CT molecular complexity index is 1420. The maximum atomic E-state index is 7.33. The standard InChI is InChI=1S/C35H47ClN4O2/c1-9-22-21-40-18-16-23(22)19-28(40)30(25-15-17-37-27-14-13-24(41-8)20-26(25)27)42-32-29(35(10-2,11-3)12-4)31(36)38-33(39-32)34(5,6)7/h9,13-15,17,20,22-23,28,30H,1,10-12,16,18-19,21H2,2-8H3/t22-,23-,28-,30+/m0/s1. The minimum absolute atomic E-state index is 0.177. The second-order valence-electron chi connectivity index (χ2n) is 13.2. The van der Waals surface area contributed by atoms with Crippen molar-refractivity contribution in [3.63, 3.8) is 0 Å². The Labute approximate surface area is 256 Å². The molecule has 6 rings (SSSR count). The van der Waals surface area contributed by atoms with Crippen LogP contribution in [0.1, 0.15) is 96.7 Å². The number of pyridine rings is 1.